The van der Waals surface area contributed by atoms with Crippen molar-refractivity contribution in [3.63, 3.8) is 0 Å². The molecule has 15 heavy (non-hydrogen) atoms. The van der Waals surface area contributed by atoms with Gasteiger partial charge in [0.05, 0.1) is 11.3 Å². The highest BCUT2D eigenvalue weighted by molar-refractivity contribution is 5.47. The maximum absolute atomic E-state index is 8.88. The normalized spacial score (nSPS) is 10.5. The van der Waals surface area contributed by atoms with E-state index < -0.39 is 0 Å². The van der Waals surface area contributed by atoms with E-state index in [4.69, 9.17) is 11.0 Å². The van der Waals surface area contributed by atoms with E-state index >= 15 is 0 Å². The summed E-state index contributed by atoms with van der Waals surface area (Å²) in [6.07, 6.45) is 2.71. The van der Waals surface area contributed by atoms with Crippen molar-refractivity contribution in [1.82, 2.24) is 9.38 Å². The van der Waals surface area contributed by atoms with E-state index in [0.29, 0.717) is 12.1 Å². The standard InChI is InChI=1S/C11H12N4/c1-8-9(6-13)2-3-11-14-10(4-5-12)7-15(8)11/h2-3,7H,4-5,12H2,1H3. The van der Waals surface area contributed by atoms with Gasteiger partial charge in [0.1, 0.15) is 11.7 Å². The van der Waals surface area contributed by atoms with Crippen molar-refractivity contribution >= 4 is 5.65 Å². The quantitative estimate of drug-likeness (QED) is 0.786. The van der Waals surface area contributed by atoms with Crippen LogP contribution >= 0.6 is 0 Å². The molecule has 0 spiro atoms. The Balaban J connectivity index is 2.62. The van der Waals surface area contributed by atoms with Crippen molar-refractivity contribution < 1.29 is 0 Å². The summed E-state index contributed by atoms with van der Waals surface area (Å²) in [6.45, 7) is 2.51. The van der Waals surface area contributed by atoms with Crippen LogP contribution in [0.5, 0.6) is 0 Å². The SMILES string of the molecule is Cc1c(C#N)ccc2nc(CCN)cn12. The monoisotopic (exact) mass is 200 g/mol. The van der Waals surface area contributed by atoms with E-state index in [1.54, 1.807) is 6.07 Å². The van der Waals surface area contributed by atoms with Crippen molar-refractivity contribution in [3.8, 4) is 6.07 Å². The van der Waals surface area contributed by atoms with E-state index in [9.17, 15) is 0 Å². The van der Waals surface area contributed by atoms with Crippen LogP contribution in [0, 0.1) is 18.3 Å². The fourth-order valence-electron chi connectivity index (χ4n) is 1.63. The van der Waals surface area contributed by atoms with Gasteiger partial charge in [-0.05, 0) is 25.6 Å². The van der Waals surface area contributed by atoms with Crippen LogP contribution in [0.4, 0.5) is 0 Å². The van der Waals surface area contributed by atoms with Crippen molar-refractivity contribution in [1.29, 1.82) is 5.26 Å². The number of fused-ring (bicyclic) bond motifs is 1. The third-order valence-corrected chi connectivity index (χ3v) is 2.45. The zero-order valence-electron chi connectivity index (χ0n) is 8.57. The van der Waals surface area contributed by atoms with Gasteiger partial charge in [-0.3, -0.25) is 0 Å². The molecule has 4 heteroatoms. The van der Waals surface area contributed by atoms with Gasteiger partial charge in [0.2, 0.25) is 0 Å². The van der Waals surface area contributed by atoms with Crippen LogP contribution in [-0.2, 0) is 6.42 Å². The molecule has 0 saturated carbocycles. The molecule has 0 bridgehead atoms. The fourth-order valence-corrected chi connectivity index (χ4v) is 1.63. The third-order valence-electron chi connectivity index (χ3n) is 2.45. The highest BCUT2D eigenvalue weighted by Gasteiger charge is 2.05. The lowest BCUT2D eigenvalue weighted by molar-refractivity contribution is 0.936. The minimum absolute atomic E-state index is 0.591. The van der Waals surface area contributed by atoms with Crippen LogP contribution in [-0.4, -0.2) is 15.9 Å². The molecule has 0 aromatic carbocycles. The minimum atomic E-state index is 0.591. The van der Waals surface area contributed by atoms with Gasteiger partial charge in [0, 0.05) is 18.3 Å². The zero-order chi connectivity index (χ0) is 10.8. The number of nitriles is 1. The first-order chi connectivity index (χ1) is 7.26. The molecule has 0 amide bonds. The molecule has 4 nitrogen and oxygen atoms in total. The van der Waals surface area contributed by atoms with Gasteiger partial charge in [0.25, 0.3) is 0 Å². The summed E-state index contributed by atoms with van der Waals surface area (Å²) in [7, 11) is 0. The third kappa shape index (κ3) is 1.58. The number of pyridine rings is 1. The number of imidazole rings is 1. The van der Waals surface area contributed by atoms with Crippen molar-refractivity contribution in [2.24, 2.45) is 5.73 Å². The Hall–Kier alpha value is -1.86. The van der Waals surface area contributed by atoms with E-state index in [2.05, 4.69) is 11.1 Å². The first-order valence-corrected chi connectivity index (χ1v) is 4.84. The summed E-state index contributed by atoms with van der Waals surface area (Å²) >= 11 is 0. The molecule has 0 aliphatic rings. The first-order valence-electron chi connectivity index (χ1n) is 4.84. The predicted molar refractivity (Wildman–Crippen MR) is 57.4 cm³/mol. The van der Waals surface area contributed by atoms with Crippen LogP contribution in [0.1, 0.15) is 17.0 Å². The molecule has 2 rings (SSSR count). The molecular weight excluding hydrogens is 188 g/mol. The smallest absolute Gasteiger partial charge is 0.137 e. The van der Waals surface area contributed by atoms with Crippen LogP contribution < -0.4 is 5.73 Å². The lowest BCUT2D eigenvalue weighted by Crippen LogP contribution is -2.02. The summed E-state index contributed by atoms with van der Waals surface area (Å²) < 4.78 is 1.93. The summed E-state index contributed by atoms with van der Waals surface area (Å²) in [5.74, 6) is 0. The Morgan fingerprint density at radius 3 is 3.00 bits per heavy atom. The second-order valence-electron chi connectivity index (χ2n) is 3.44. The zero-order valence-corrected chi connectivity index (χ0v) is 8.57. The Labute approximate surface area is 88.0 Å². The number of hydrogen-bond donors (Lipinski definition) is 1. The van der Waals surface area contributed by atoms with Crippen LogP contribution in [0.25, 0.3) is 5.65 Å². The van der Waals surface area contributed by atoms with Crippen LogP contribution in [0.3, 0.4) is 0 Å². The molecule has 76 valence electrons. The average Bonchev–Trinajstić information content (AvgIpc) is 2.63. The Morgan fingerprint density at radius 2 is 2.33 bits per heavy atom. The molecule has 0 atom stereocenters. The number of aromatic nitrogens is 2. The van der Waals surface area contributed by atoms with E-state index in [0.717, 1.165) is 23.5 Å². The van der Waals surface area contributed by atoms with Gasteiger partial charge in [-0.15, -0.1) is 0 Å². The summed E-state index contributed by atoms with van der Waals surface area (Å²) in [6, 6.07) is 5.80. The topological polar surface area (TPSA) is 67.1 Å². The fraction of sp³-hybridized carbons (Fsp3) is 0.273. The van der Waals surface area contributed by atoms with Gasteiger partial charge in [-0.1, -0.05) is 0 Å². The molecule has 0 fully saturated rings. The molecule has 2 aromatic rings. The van der Waals surface area contributed by atoms with E-state index in [1.807, 2.05) is 23.6 Å². The highest BCUT2D eigenvalue weighted by atomic mass is 15.0. The van der Waals surface area contributed by atoms with Gasteiger partial charge in [0.15, 0.2) is 0 Å². The molecular formula is C11H12N4. The van der Waals surface area contributed by atoms with Crippen LogP contribution in [0.2, 0.25) is 0 Å². The van der Waals surface area contributed by atoms with E-state index in [1.165, 1.54) is 0 Å². The summed E-state index contributed by atoms with van der Waals surface area (Å²) in [5, 5.41) is 8.88. The van der Waals surface area contributed by atoms with Gasteiger partial charge >= 0.3 is 0 Å². The number of rotatable bonds is 2. The number of hydrogen-bond acceptors (Lipinski definition) is 3. The Morgan fingerprint density at radius 1 is 1.53 bits per heavy atom. The first kappa shape index (κ1) is 9.69. The lowest BCUT2D eigenvalue weighted by atomic mass is 10.2. The highest BCUT2D eigenvalue weighted by Crippen LogP contribution is 2.12. The maximum Gasteiger partial charge on any atom is 0.137 e. The number of nitrogens with two attached hydrogens (primary N) is 1. The predicted octanol–water partition coefficient (Wildman–Crippen LogP) is 1.02. The lowest BCUT2D eigenvalue weighted by Gasteiger charge is -2.00. The van der Waals surface area contributed by atoms with Crippen LogP contribution in [0.15, 0.2) is 18.3 Å². The Kier molecular flexibility index (Phi) is 2.40. The van der Waals surface area contributed by atoms with Crippen molar-refractivity contribution in [2.45, 2.75) is 13.3 Å². The van der Waals surface area contributed by atoms with Gasteiger partial charge < -0.3 is 10.1 Å². The molecule has 0 saturated heterocycles. The Bertz CT molecular complexity index is 533. The number of nitrogens with zero attached hydrogens (tertiary/aromatic N) is 3. The van der Waals surface area contributed by atoms with E-state index in [-0.39, 0.29) is 0 Å². The largest absolute Gasteiger partial charge is 0.330 e. The number of aryl methyl sites for hydroxylation is 1. The maximum atomic E-state index is 8.88. The molecule has 0 unspecified atom stereocenters. The molecule has 2 aromatic heterocycles. The van der Waals surface area contributed by atoms with Crippen molar-refractivity contribution in [2.75, 3.05) is 6.54 Å². The van der Waals surface area contributed by atoms with Gasteiger partial charge in [-0.2, -0.15) is 5.26 Å². The summed E-state index contributed by atoms with van der Waals surface area (Å²) in [4.78, 5) is 4.41. The minimum Gasteiger partial charge on any atom is -0.330 e. The second-order valence-corrected chi connectivity index (χ2v) is 3.44. The molecule has 2 N–H and O–H groups in total. The molecule has 0 radical (unpaired) electrons. The molecule has 2 heterocycles. The van der Waals surface area contributed by atoms with Gasteiger partial charge in [-0.25, -0.2) is 4.98 Å². The van der Waals surface area contributed by atoms with Crippen molar-refractivity contribution in [3.05, 3.63) is 35.3 Å². The molecule has 0 aliphatic heterocycles. The summed E-state index contributed by atoms with van der Waals surface area (Å²) in [5.41, 5.74) is 8.92. The molecule has 0 aliphatic carbocycles. The average molecular weight is 200 g/mol. The second kappa shape index (κ2) is 3.71.